The number of anilines is 2. The number of hydrogen-bond acceptors (Lipinski definition) is 5. The summed E-state index contributed by atoms with van der Waals surface area (Å²) in [5.41, 5.74) is 3.83. The highest BCUT2D eigenvalue weighted by molar-refractivity contribution is 6.00. The molecule has 0 aliphatic carbocycles. The fourth-order valence-corrected chi connectivity index (χ4v) is 2.60. The third-order valence-corrected chi connectivity index (χ3v) is 3.84. The van der Waals surface area contributed by atoms with E-state index in [0.717, 1.165) is 33.5 Å². The molecule has 0 saturated carbocycles. The summed E-state index contributed by atoms with van der Waals surface area (Å²) in [7, 11) is 0. The molecule has 1 N–H and O–H groups in total. The number of nitrogens with zero attached hydrogens (tertiary/aromatic N) is 4. The lowest BCUT2D eigenvalue weighted by Gasteiger charge is -2.11. The average Bonchev–Trinajstić information content (AvgIpc) is 2.64. The molecule has 24 heavy (non-hydrogen) atoms. The van der Waals surface area contributed by atoms with Gasteiger partial charge < -0.3 is 5.32 Å². The minimum atomic E-state index is 0.732. The first-order valence-electron chi connectivity index (χ1n) is 7.66. The quantitative estimate of drug-likeness (QED) is 0.616. The summed E-state index contributed by atoms with van der Waals surface area (Å²) in [6, 6.07) is 16.2. The molecule has 0 aliphatic rings. The highest BCUT2D eigenvalue weighted by Crippen LogP contribution is 2.30. The largest absolute Gasteiger partial charge is 0.338 e. The summed E-state index contributed by atoms with van der Waals surface area (Å²) in [6.45, 7) is 2.07. The minimum absolute atomic E-state index is 0.732. The van der Waals surface area contributed by atoms with Crippen molar-refractivity contribution in [3.8, 4) is 11.3 Å². The van der Waals surface area contributed by atoms with Gasteiger partial charge in [-0.25, -0.2) is 9.97 Å². The Morgan fingerprint density at radius 1 is 0.792 bits per heavy atom. The lowest BCUT2D eigenvalue weighted by molar-refractivity contribution is 1.05. The zero-order chi connectivity index (χ0) is 16.4. The van der Waals surface area contributed by atoms with Gasteiger partial charge in [0.1, 0.15) is 12.0 Å². The van der Waals surface area contributed by atoms with Crippen LogP contribution in [0.4, 0.5) is 11.5 Å². The summed E-state index contributed by atoms with van der Waals surface area (Å²) >= 11 is 0. The van der Waals surface area contributed by atoms with Gasteiger partial charge in [0.15, 0.2) is 5.82 Å². The molecule has 0 unspecified atom stereocenters. The van der Waals surface area contributed by atoms with Crippen LogP contribution in [0.3, 0.4) is 0 Å². The zero-order valence-corrected chi connectivity index (χ0v) is 13.1. The minimum Gasteiger partial charge on any atom is -0.338 e. The standard InChI is InChI=1S/C19H15N5/c1-13-6-8-15(9-7-13)22-19-17-5-3-2-4-16(17)18(23-24-19)14-10-20-12-21-11-14/h2-12H,1H3,(H,22,24). The van der Waals surface area contributed by atoms with Gasteiger partial charge in [-0.15, -0.1) is 10.2 Å². The summed E-state index contributed by atoms with van der Waals surface area (Å²) < 4.78 is 0. The number of fused-ring (bicyclic) bond motifs is 1. The Kier molecular flexibility index (Phi) is 3.59. The van der Waals surface area contributed by atoms with Crippen molar-refractivity contribution in [3.05, 3.63) is 72.8 Å². The normalized spacial score (nSPS) is 10.7. The molecular formula is C19H15N5. The lowest BCUT2D eigenvalue weighted by atomic mass is 10.1. The maximum absolute atomic E-state index is 4.40. The van der Waals surface area contributed by atoms with E-state index in [2.05, 4.69) is 44.5 Å². The van der Waals surface area contributed by atoms with Crippen LogP contribution in [0.25, 0.3) is 22.0 Å². The topological polar surface area (TPSA) is 63.6 Å². The second-order valence-corrected chi connectivity index (χ2v) is 5.56. The summed E-state index contributed by atoms with van der Waals surface area (Å²) in [5.74, 6) is 0.732. The van der Waals surface area contributed by atoms with Crippen molar-refractivity contribution in [3.63, 3.8) is 0 Å². The van der Waals surface area contributed by atoms with Crippen molar-refractivity contribution >= 4 is 22.3 Å². The van der Waals surface area contributed by atoms with Crippen molar-refractivity contribution < 1.29 is 0 Å². The van der Waals surface area contributed by atoms with Gasteiger partial charge in [0.05, 0.1) is 0 Å². The molecule has 0 fully saturated rings. The Morgan fingerprint density at radius 3 is 2.25 bits per heavy atom. The van der Waals surface area contributed by atoms with E-state index in [4.69, 9.17) is 0 Å². The van der Waals surface area contributed by atoms with Gasteiger partial charge >= 0.3 is 0 Å². The second-order valence-electron chi connectivity index (χ2n) is 5.56. The predicted molar refractivity (Wildman–Crippen MR) is 95.0 cm³/mol. The fraction of sp³-hybridized carbons (Fsp3) is 0.0526. The highest BCUT2D eigenvalue weighted by atomic mass is 15.2. The van der Waals surface area contributed by atoms with E-state index in [9.17, 15) is 0 Å². The summed E-state index contributed by atoms with van der Waals surface area (Å²) in [4.78, 5) is 8.14. The molecule has 4 aromatic rings. The number of rotatable bonds is 3. The van der Waals surface area contributed by atoms with Gasteiger partial charge in [-0.3, -0.25) is 0 Å². The number of nitrogens with one attached hydrogen (secondary N) is 1. The predicted octanol–water partition coefficient (Wildman–Crippen LogP) is 4.14. The van der Waals surface area contributed by atoms with Crippen LogP contribution < -0.4 is 5.32 Å². The van der Waals surface area contributed by atoms with E-state index < -0.39 is 0 Å². The van der Waals surface area contributed by atoms with E-state index >= 15 is 0 Å². The SMILES string of the molecule is Cc1ccc(Nc2nnc(-c3cncnc3)c3ccccc23)cc1. The second kappa shape index (κ2) is 6.04. The first-order valence-corrected chi connectivity index (χ1v) is 7.66. The van der Waals surface area contributed by atoms with Crippen LogP contribution in [0.1, 0.15) is 5.56 Å². The Balaban J connectivity index is 1.82. The molecule has 2 aromatic carbocycles. The van der Waals surface area contributed by atoms with Gasteiger partial charge in [-0.1, -0.05) is 42.0 Å². The molecule has 116 valence electrons. The van der Waals surface area contributed by atoms with Crippen molar-refractivity contribution in [2.75, 3.05) is 5.32 Å². The molecule has 0 radical (unpaired) electrons. The number of hydrogen-bond donors (Lipinski definition) is 1. The number of aryl methyl sites for hydroxylation is 1. The van der Waals surface area contributed by atoms with Crippen LogP contribution in [-0.2, 0) is 0 Å². The van der Waals surface area contributed by atoms with Crippen LogP contribution in [0.2, 0.25) is 0 Å². The van der Waals surface area contributed by atoms with E-state index in [-0.39, 0.29) is 0 Å². The average molecular weight is 313 g/mol. The first kappa shape index (κ1) is 14.3. The van der Waals surface area contributed by atoms with E-state index in [1.807, 2.05) is 36.4 Å². The third-order valence-electron chi connectivity index (χ3n) is 3.84. The molecule has 2 heterocycles. The molecule has 0 spiro atoms. The molecular weight excluding hydrogens is 298 g/mol. The van der Waals surface area contributed by atoms with Crippen LogP contribution in [0.5, 0.6) is 0 Å². The monoisotopic (exact) mass is 313 g/mol. The number of aromatic nitrogens is 4. The first-order chi connectivity index (χ1) is 11.8. The van der Waals surface area contributed by atoms with Crippen LogP contribution in [0.15, 0.2) is 67.3 Å². The van der Waals surface area contributed by atoms with Gasteiger partial charge in [0.2, 0.25) is 0 Å². The maximum Gasteiger partial charge on any atom is 0.161 e. The lowest BCUT2D eigenvalue weighted by Crippen LogP contribution is -1.99. The van der Waals surface area contributed by atoms with Crippen LogP contribution >= 0.6 is 0 Å². The third kappa shape index (κ3) is 2.67. The molecule has 0 bridgehead atoms. The van der Waals surface area contributed by atoms with Gasteiger partial charge in [-0.2, -0.15) is 0 Å². The van der Waals surface area contributed by atoms with Crippen molar-refractivity contribution in [2.45, 2.75) is 6.92 Å². The van der Waals surface area contributed by atoms with E-state index in [0.29, 0.717) is 0 Å². The fourth-order valence-electron chi connectivity index (χ4n) is 2.60. The number of benzene rings is 2. The van der Waals surface area contributed by atoms with Gasteiger partial charge in [0, 0.05) is 34.4 Å². The molecule has 2 aromatic heterocycles. The van der Waals surface area contributed by atoms with Crippen molar-refractivity contribution in [2.24, 2.45) is 0 Å². The maximum atomic E-state index is 4.40. The van der Waals surface area contributed by atoms with Crippen molar-refractivity contribution in [1.82, 2.24) is 20.2 Å². The molecule has 0 amide bonds. The Morgan fingerprint density at radius 2 is 1.50 bits per heavy atom. The zero-order valence-electron chi connectivity index (χ0n) is 13.1. The van der Waals surface area contributed by atoms with E-state index in [1.165, 1.54) is 11.9 Å². The Hall–Kier alpha value is -3.34. The highest BCUT2D eigenvalue weighted by Gasteiger charge is 2.11. The molecule has 5 heteroatoms. The Bertz CT molecular complexity index is 981. The molecule has 0 aliphatic heterocycles. The molecule has 0 atom stereocenters. The van der Waals surface area contributed by atoms with Gasteiger partial charge in [-0.05, 0) is 19.1 Å². The summed E-state index contributed by atoms with van der Waals surface area (Å²) in [6.07, 6.45) is 5.00. The summed E-state index contributed by atoms with van der Waals surface area (Å²) in [5, 5.41) is 14.1. The molecule has 5 nitrogen and oxygen atoms in total. The van der Waals surface area contributed by atoms with Crippen molar-refractivity contribution in [1.29, 1.82) is 0 Å². The van der Waals surface area contributed by atoms with Crippen LogP contribution in [-0.4, -0.2) is 20.2 Å². The Labute approximate surface area is 139 Å². The van der Waals surface area contributed by atoms with E-state index in [1.54, 1.807) is 12.4 Å². The molecule has 0 saturated heterocycles. The smallest absolute Gasteiger partial charge is 0.161 e. The van der Waals surface area contributed by atoms with Gasteiger partial charge in [0.25, 0.3) is 0 Å². The molecule has 4 rings (SSSR count). The van der Waals surface area contributed by atoms with Crippen LogP contribution in [0, 0.1) is 6.92 Å².